The molecule has 1 aliphatic heterocycles. The molecule has 0 aliphatic carbocycles. The van der Waals surface area contributed by atoms with E-state index in [2.05, 4.69) is 32.8 Å². The fraction of sp³-hybridized carbons (Fsp3) is 0.138. The Morgan fingerprint density at radius 3 is 2.27 bits per heavy atom. The maximum Gasteiger partial charge on any atom is 0.256 e. The van der Waals surface area contributed by atoms with Gasteiger partial charge in [-0.05, 0) is 42.0 Å². The van der Waals surface area contributed by atoms with E-state index in [0.717, 1.165) is 33.7 Å². The molecule has 0 N–H and O–H groups in total. The van der Waals surface area contributed by atoms with Crippen LogP contribution in [0.1, 0.15) is 10.4 Å². The van der Waals surface area contributed by atoms with Crippen LogP contribution in [0.3, 0.4) is 0 Å². The van der Waals surface area contributed by atoms with Crippen LogP contribution in [-0.4, -0.2) is 51.5 Å². The molecule has 8 heteroatoms. The second-order valence-electron chi connectivity index (χ2n) is 8.91. The number of nitrogens with zero attached hydrogens (tertiary/aromatic N) is 5. The van der Waals surface area contributed by atoms with Crippen molar-refractivity contribution in [2.45, 2.75) is 0 Å². The topological polar surface area (TPSA) is 54.3 Å². The fourth-order valence-corrected chi connectivity index (χ4v) is 4.97. The number of hydrogen-bond acceptors (Lipinski definition) is 4. The van der Waals surface area contributed by atoms with Crippen molar-refractivity contribution in [3.63, 3.8) is 0 Å². The van der Waals surface area contributed by atoms with Gasteiger partial charge in [-0.1, -0.05) is 54.1 Å². The molecule has 0 unspecified atom stereocenters. The van der Waals surface area contributed by atoms with E-state index in [-0.39, 0.29) is 11.5 Å². The molecule has 184 valence electrons. The van der Waals surface area contributed by atoms with E-state index in [4.69, 9.17) is 16.6 Å². The summed E-state index contributed by atoms with van der Waals surface area (Å²) in [7, 11) is 0. The third-order valence-electron chi connectivity index (χ3n) is 6.72. The molecule has 0 atom stereocenters. The maximum absolute atomic E-state index is 14.2. The molecule has 0 radical (unpaired) electrons. The normalized spacial score (nSPS) is 13.8. The number of aromatic nitrogens is 3. The van der Waals surface area contributed by atoms with Crippen molar-refractivity contribution in [3.8, 4) is 16.8 Å². The highest BCUT2D eigenvalue weighted by Crippen LogP contribution is 2.37. The van der Waals surface area contributed by atoms with Crippen molar-refractivity contribution in [1.29, 1.82) is 0 Å². The molecule has 2 aromatic heterocycles. The van der Waals surface area contributed by atoms with Crippen molar-refractivity contribution >= 4 is 34.4 Å². The third-order valence-corrected chi connectivity index (χ3v) is 6.98. The molecule has 1 fully saturated rings. The van der Waals surface area contributed by atoms with Gasteiger partial charge in [0, 0.05) is 48.6 Å². The number of carbonyl (C=O) groups excluding carboxylic acids is 1. The Labute approximate surface area is 218 Å². The number of amides is 1. The molecule has 0 spiro atoms. The predicted octanol–water partition coefficient (Wildman–Crippen LogP) is 5.84. The van der Waals surface area contributed by atoms with Gasteiger partial charge in [0.15, 0.2) is 5.65 Å². The van der Waals surface area contributed by atoms with Crippen molar-refractivity contribution < 1.29 is 9.18 Å². The molecule has 6 rings (SSSR count). The molecule has 5 aromatic rings. The fourth-order valence-electron chi connectivity index (χ4n) is 4.85. The largest absolute Gasteiger partial charge is 0.352 e. The van der Waals surface area contributed by atoms with Gasteiger partial charge in [-0.25, -0.2) is 14.4 Å². The van der Waals surface area contributed by atoms with Crippen molar-refractivity contribution in [2.24, 2.45) is 0 Å². The second kappa shape index (κ2) is 9.67. The quantitative estimate of drug-likeness (QED) is 0.304. The van der Waals surface area contributed by atoms with E-state index in [1.54, 1.807) is 23.4 Å². The van der Waals surface area contributed by atoms with E-state index in [1.807, 2.05) is 42.5 Å². The monoisotopic (exact) mass is 511 g/mol. The zero-order chi connectivity index (χ0) is 25.4. The van der Waals surface area contributed by atoms with E-state index in [1.165, 1.54) is 12.1 Å². The number of rotatable bonds is 4. The highest BCUT2D eigenvalue weighted by atomic mass is 35.5. The van der Waals surface area contributed by atoms with Crippen LogP contribution in [0.2, 0.25) is 5.02 Å². The van der Waals surface area contributed by atoms with Gasteiger partial charge in [-0.3, -0.25) is 4.79 Å². The Bertz CT molecular complexity index is 1580. The molecule has 1 aliphatic rings. The van der Waals surface area contributed by atoms with E-state index >= 15 is 0 Å². The molecule has 3 heterocycles. The summed E-state index contributed by atoms with van der Waals surface area (Å²) in [4.78, 5) is 26.2. The number of anilines is 1. The Morgan fingerprint density at radius 2 is 1.54 bits per heavy atom. The van der Waals surface area contributed by atoms with Crippen molar-refractivity contribution in [2.75, 3.05) is 31.1 Å². The lowest BCUT2D eigenvalue weighted by atomic mass is 10.1. The van der Waals surface area contributed by atoms with Gasteiger partial charge >= 0.3 is 0 Å². The zero-order valence-electron chi connectivity index (χ0n) is 19.9. The summed E-state index contributed by atoms with van der Waals surface area (Å²) in [6.07, 6.45) is 3.66. The van der Waals surface area contributed by atoms with Gasteiger partial charge in [0.05, 0.1) is 10.9 Å². The van der Waals surface area contributed by atoms with Crippen LogP contribution in [-0.2, 0) is 0 Å². The first-order valence-electron chi connectivity index (χ1n) is 12.1. The van der Waals surface area contributed by atoms with Crippen molar-refractivity contribution in [1.82, 2.24) is 19.4 Å². The number of piperazine rings is 1. The molecule has 37 heavy (non-hydrogen) atoms. The lowest BCUT2D eigenvalue weighted by Gasteiger charge is -2.35. The van der Waals surface area contributed by atoms with Gasteiger partial charge in [-0.2, -0.15) is 0 Å². The first-order valence-corrected chi connectivity index (χ1v) is 12.4. The van der Waals surface area contributed by atoms with E-state index < -0.39 is 5.82 Å². The summed E-state index contributed by atoms with van der Waals surface area (Å²) in [6, 6.07) is 23.9. The highest BCUT2D eigenvalue weighted by Gasteiger charge is 2.27. The molecular formula is C29H23ClFN5O. The Hall–Kier alpha value is -4.23. The molecule has 1 saturated heterocycles. The maximum atomic E-state index is 14.2. The first-order chi connectivity index (χ1) is 18.1. The second-order valence-corrected chi connectivity index (χ2v) is 9.35. The summed E-state index contributed by atoms with van der Waals surface area (Å²) in [6.45, 7) is 2.09. The third kappa shape index (κ3) is 4.32. The lowest BCUT2D eigenvalue weighted by molar-refractivity contribution is 0.0742. The van der Waals surface area contributed by atoms with Crippen LogP contribution in [0.25, 0.3) is 27.8 Å². The predicted molar refractivity (Wildman–Crippen MR) is 144 cm³/mol. The summed E-state index contributed by atoms with van der Waals surface area (Å²) < 4.78 is 16.2. The highest BCUT2D eigenvalue weighted by molar-refractivity contribution is 6.30. The van der Waals surface area contributed by atoms with Crippen LogP contribution in [0.15, 0.2) is 91.4 Å². The Morgan fingerprint density at radius 1 is 0.838 bits per heavy atom. The van der Waals surface area contributed by atoms with Crippen LogP contribution in [0.4, 0.5) is 10.2 Å². The summed E-state index contributed by atoms with van der Waals surface area (Å²) in [5.41, 5.74) is 3.92. The van der Waals surface area contributed by atoms with Crippen LogP contribution >= 0.6 is 11.6 Å². The molecule has 6 nitrogen and oxygen atoms in total. The summed E-state index contributed by atoms with van der Waals surface area (Å²) in [5, 5.41) is 1.61. The Kier molecular flexibility index (Phi) is 6.06. The number of carbonyl (C=O) groups is 1. The number of halogens is 2. The average molecular weight is 512 g/mol. The van der Waals surface area contributed by atoms with E-state index in [0.29, 0.717) is 31.2 Å². The van der Waals surface area contributed by atoms with Gasteiger partial charge in [0.2, 0.25) is 0 Å². The number of fused-ring (bicyclic) bond motifs is 1. The minimum atomic E-state index is -0.497. The number of benzene rings is 3. The zero-order valence-corrected chi connectivity index (χ0v) is 20.6. The summed E-state index contributed by atoms with van der Waals surface area (Å²) in [5.74, 6) is 0.0301. The molecule has 3 aromatic carbocycles. The molecule has 0 saturated carbocycles. The smallest absolute Gasteiger partial charge is 0.256 e. The average Bonchev–Trinajstić information content (AvgIpc) is 3.34. The van der Waals surface area contributed by atoms with Gasteiger partial charge in [0.1, 0.15) is 18.0 Å². The van der Waals surface area contributed by atoms with Gasteiger partial charge in [-0.15, -0.1) is 0 Å². The van der Waals surface area contributed by atoms with Crippen LogP contribution in [0, 0.1) is 5.82 Å². The lowest BCUT2D eigenvalue weighted by Crippen LogP contribution is -2.49. The minimum Gasteiger partial charge on any atom is -0.352 e. The van der Waals surface area contributed by atoms with Crippen LogP contribution < -0.4 is 4.90 Å². The van der Waals surface area contributed by atoms with Crippen molar-refractivity contribution in [3.05, 3.63) is 108 Å². The molecule has 0 bridgehead atoms. The minimum absolute atomic E-state index is 0.104. The SMILES string of the molecule is O=C(c1ccccc1F)N1CCN(c2ncnc3c2c(-c2ccccc2)cn3-c2ccc(Cl)cc2)CC1. The van der Waals surface area contributed by atoms with Crippen LogP contribution in [0.5, 0.6) is 0 Å². The van der Waals surface area contributed by atoms with Gasteiger partial charge < -0.3 is 14.4 Å². The van der Waals surface area contributed by atoms with E-state index in [9.17, 15) is 9.18 Å². The number of hydrogen-bond donors (Lipinski definition) is 0. The standard InChI is InChI=1S/C29H23ClFN5O/c30-21-10-12-22(13-11-21)36-18-24(20-6-2-1-3-7-20)26-27(32-19-33-28(26)36)34-14-16-35(17-15-34)29(37)23-8-4-5-9-25(23)31/h1-13,18-19H,14-17H2. The molecular weight excluding hydrogens is 489 g/mol. The van der Waals surface area contributed by atoms with Gasteiger partial charge in [0.25, 0.3) is 5.91 Å². The Balaban J connectivity index is 1.38. The summed E-state index contributed by atoms with van der Waals surface area (Å²) >= 11 is 6.14. The first kappa shape index (κ1) is 23.2. The molecule has 1 amide bonds.